The second kappa shape index (κ2) is 37.8. The Morgan fingerprint density at radius 3 is 1.70 bits per heavy atom. The minimum Gasteiger partial charge on any atom is -0.459 e. The fraction of sp³-hybridized carbons (Fsp3) is 0.494. The van der Waals surface area contributed by atoms with E-state index < -0.39 is 193 Å². The van der Waals surface area contributed by atoms with Gasteiger partial charge in [-0.25, -0.2) is 52.2 Å². The highest BCUT2D eigenvalue weighted by Gasteiger charge is 2.58. The smallest absolute Gasteiger partial charge is 0.459 e. The molecule has 6 atom stereocenters. The predicted octanol–water partition coefficient (Wildman–Crippen LogP) is 11.5. The van der Waals surface area contributed by atoms with E-state index in [-0.39, 0.29) is 43.7 Å². The maximum atomic E-state index is 17.0. The van der Waals surface area contributed by atoms with Crippen molar-refractivity contribution in [2.45, 2.75) is 200 Å². The number of alkyl carbamates (subject to hydrolysis) is 2. The van der Waals surface area contributed by atoms with Gasteiger partial charge in [-0.3, -0.25) is 39.3 Å². The van der Waals surface area contributed by atoms with Crippen molar-refractivity contribution in [3.8, 4) is 28.8 Å². The second-order valence-electron chi connectivity index (χ2n) is 33.3. The summed E-state index contributed by atoms with van der Waals surface area (Å²) >= 11 is 0. The summed E-state index contributed by atoms with van der Waals surface area (Å²) in [7, 11) is -4.18. The number of carbonyl (C=O) groups excluding carboxylic acids is 8. The van der Waals surface area contributed by atoms with E-state index in [4.69, 9.17) is 23.5 Å². The number of amides is 5. The first kappa shape index (κ1) is 94.9. The van der Waals surface area contributed by atoms with Crippen molar-refractivity contribution in [3.63, 3.8) is 0 Å². The molecule has 122 heavy (non-hydrogen) atoms. The molecule has 7 N–H and O–H groups in total. The van der Waals surface area contributed by atoms with Gasteiger partial charge in [0.25, 0.3) is 5.91 Å². The molecule has 0 spiro atoms. The Kier molecular flexibility index (Phi) is 29.4. The molecule has 0 aliphatic carbocycles. The summed E-state index contributed by atoms with van der Waals surface area (Å²) in [5, 5.41) is 12.6. The molecule has 3 aliphatic heterocycles. The normalized spacial score (nSPS) is 16.5. The van der Waals surface area contributed by atoms with E-state index in [1.54, 1.807) is 46.9 Å². The van der Waals surface area contributed by atoms with Crippen LogP contribution in [0, 0.1) is 34.3 Å². The summed E-state index contributed by atoms with van der Waals surface area (Å²) in [6.45, 7) is 10.6. The summed E-state index contributed by atoms with van der Waals surface area (Å²) < 4.78 is 204. The minimum absolute atomic E-state index is 0.0669. The Morgan fingerprint density at radius 2 is 1.21 bits per heavy atom. The highest BCUT2D eigenvalue weighted by Crippen LogP contribution is 2.47. The van der Waals surface area contributed by atoms with Gasteiger partial charge in [0.1, 0.15) is 46.8 Å². The summed E-state index contributed by atoms with van der Waals surface area (Å²) in [4.78, 5) is 148. The Balaban J connectivity index is 1.17. The number of rotatable bonds is 30. The molecule has 6 aromatic rings. The van der Waals surface area contributed by atoms with Gasteiger partial charge in [-0.05, 0) is 154 Å². The Labute approximate surface area is 695 Å². The monoisotopic (exact) mass is 1740 g/mol. The molecule has 2 aromatic heterocycles. The minimum atomic E-state index is -5.65. The van der Waals surface area contributed by atoms with Crippen molar-refractivity contribution in [3.05, 3.63) is 154 Å². The lowest BCUT2D eigenvalue weighted by Crippen LogP contribution is -2.64. The molecule has 3 fully saturated rings. The first-order valence-corrected chi connectivity index (χ1v) is 39.7. The van der Waals surface area contributed by atoms with E-state index in [1.807, 2.05) is 5.32 Å². The number of aromatic nitrogens is 4. The third-order valence-electron chi connectivity index (χ3n) is 20.3. The number of fused-ring (bicyclic) bond motifs is 2. The predicted molar refractivity (Wildman–Crippen MR) is 417 cm³/mol. The fourth-order valence-corrected chi connectivity index (χ4v) is 14.4. The molecule has 30 nitrogen and oxygen atoms in total. The number of hydrogen-bond acceptors (Lipinski definition) is 22. The number of ether oxygens (including phenoxy) is 6. The number of hydrogen-bond donors (Lipinski definition) is 7. The molecule has 3 saturated heterocycles. The molecule has 0 radical (unpaired) electrons. The summed E-state index contributed by atoms with van der Waals surface area (Å²) in [6, 6.07) is 8.02. The molecule has 662 valence electrons. The number of nitrogens with one attached hydrogen (secondary N) is 5. The molecule has 2 unspecified atom stereocenters. The number of methoxy groups -OCH3 is 2. The van der Waals surface area contributed by atoms with Crippen LogP contribution in [0.25, 0.3) is 11.3 Å². The van der Waals surface area contributed by atoms with Gasteiger partial charge < -0.3 is 59.1 Å². The molecular formula is C81H95F10N12O18P. The van der Waals surface area contributed by atoms with Crippen molar-refractivity contribution >= 4 is 67.3 Å². The van der Waals surface area contributed by atoms with E-state index in [2.05, 4.69) is 62.2 Å². The van der Waals surface area contributed by atoms with Gasteiger partial charge in [-0.2, -0.15) is 40.2 Å². The fourth-order valence-electron chi connectivity index (χ4n) is 14.0. The highest BCUT2D eigenvalue weighted by atomic mass is 31.2. The van der Waals surface area contributed by atoms with Gasteiger partial charge in [0, 0.05) is 83.7 Å². The number of nitrogens with zero attached hydrogens (tertiary/aromatic N) is 7. The summed E-state index contributed by atoms with van der Waals surface area (Å²) in [6.07, 6.45) is -13.3. The van der Waals surface area contributed by atoms with E-state index in [0.29, 0.717) is 101 Å². The molecule has 41 heteroatoms. The number of halogens is 10. The van der Waals surface area contributed by atoms with Crippen molar-refractivity contribution in [1.82, 2.24) is 51.0 Å². The lowest BCUT2D eigenvalue weighted by Gasteiger charge is -2.47. The van der Waals surface area contributed by atoms with Crippen molar-refractivity contribution in [1.29, 1.82) is 0 Å². The third-order valence-corrected chi connectivity index (χ3v) is 20.8. The van der Waals surface area contributed by atoms with Crippen molar-refractivity contribution < 1.29 is 130 Å². The number of piperazine rings is 1. The van der Waals surface area contributed by atoms with Gasteiger partial charge in [0.2, 0.25) is 17.8 Å². The topological polar surface area (TPSA) is 372 Å². The van der Waals surface area contributed by atoms with Crippen LogP contribution in [0.5, 0.6) is 5.75 Å². The lowest BCUT2D eigenvalue weighted by molar-refractivity contribution is -0.221. The van der Waals surface area contributed by atoms with Gasteiger partial charge in [0.05, 0.1) is 92.1 Å². The SMILES string of the molecule is COC(=O)N[C@H](C(=O)N[C@@H](Cc1ccc(C#Cc2cnc(N3CC4CCC(C3)N4C3COC3)nc2)cc1)[C@H](CN(Cc1c(F)cc(-c2ccn(C(F)F)n2)cc1F)NC(=O)[C@@H](NC(=O)OC)C(C)(C)C(F)(F)F)OC(=O)CC(C)(C)c1c(CC(=O)Nc2cc(C(=O)OC(C)(C)C)cc(C(=O)OC(C)(C)C)c2)cccc1OP(=O)(O)O)C(C)(C)C(F)(F)F. The Bertz CT molecular complexity index is 4880. The average molecular weight is 1750 g/mol. The third kappa shape index (κ3) is 24.5. The van der Waals surface area contributed by atoms with Crippen LogP contribution in [-0.4, -0.2) is 200 Å². The second-order valence-corrected chi connectivity index (χ2v) is 34.4. The summed E-state index contributed by atoms with van der Waals surface area (Å²) in [5.74, 6) is -5.38. The first-order chi connectivity index (χ1) is 56.6. The number of benzene rings is 4. The standard InChI is InChI=1S/C81H95F10N12O18P/c1-75(2,3)119-69(108)49-29-50(70(109)120-76(4,5)6)31-51(30-49)94-62(104)34-47-16-15-17-60(121-122(112,113)114)64(47)77(7,8)35-63(105)118-61(41-101(99-68(107)66(97-74(111)116-14)79(11,12)81(89,90)91)40-55-56(82)32-48(33-57(55)83)58-26-27-102(98-58)71(84)85)59(95-67(106)65(96-73(110)115-13)78(9,10)80(86,87)88)28-45-21-18-44(19-22-45)20-23-46-36-92-72(93-37-46)100-38-52-24-25-53(39-100)103(52)54-42-117-43-54/h15-19,21-22,26-27,29-33,36-37,52-54,59,61,65-66,71H,24-25,28,34-35,38-43H2,1-14H3,(H,94,104)(H,95,106)(H,96,110)(H,97,111)(H,99,107)(H2,112,113,114)/t52?,53?,59-,61-,65+,66+/m0/s1. The Morgan fingerprint density at radius 1 is 0.680 bits per heavy atom. The molecule has 3 aliphatic rings. The quantitative estimate of drug-likeness (QED) is 0.00550. The highest BCUT2D eigenvalue weighted by molar-refractivity contribution is 7.46. The zero-order chi connectivity index (χ0) is 90.3. The zero-order valence-corrected chi connectivity index (χ0v) is 69.8. The van der Waals surface area contributed by atoms with Gasteiger partial charge >= 0.3 is 56.8 Å². The molecule has 4 aromatic carbocycles. The van der Waals surface area contributed by atoms with Crippen LogP contribution < -0.4 is 36.1 Å². The van der Waals surface area contributed by atoms with Crippen LogP contribution in [0.2, 0.25) is 0 Å². The molecule has 9 rings (SSSR count). The van der Waals surface area contributed by atoms with Crippen molar-refractivity contribution in [2.24, 2.45) is 10.8 Å². The zero-order valence-electron chi connectivity index (χ0n) is 68.9. The lowest BCUT2D eigenvalue weighted by atomic mass is 9.77. The van der Waals surface area contributed by atoms with Gasteiger partial charge in [-0.15, -0.1) is 0 Å². The van der Waals surface area contributed by atoms with Gasteiger partial charge in [0.15, 0.2) is 0 Å². The van der Waals surface area contributed by atoms with Crippen LogP contribution in [-0.2, 0) is 77.0 Å². The number of anilines is 2. The molecule has 2 bridgehead atoms. The van der Waals surface area contributed by atoms with Crippen LogP contribution >= 0.6 is 7.82 Å². The van der Waals surface area contributed by atoms with E-state index in [1.165, 1.54) is 74.8 Å². The van der Waals surface area contributed by atoms with Gasteiger partial charge in [-0.1, -0.05) is 50.0 Å². The molecule has 5 heterocycles. The number of hydrazine groups is 1. The number of esters is 3. The number of carbonyl (C=O) groups is 8. The van der Waals surface area contributed by atoms with Crippen LogP contribution in [0.3, 0.4) is 0 Å². The average Bonchev–Trinajstić information content (AvgIpc) is 1.39. The van der Waals surface area contributed by atoms with Crippen LogP contribution in [0.1, 0.15) is 163 Å². The molecule has 5 amide bonds. The number of alkyl halides is 8. The number of phosphoric acid groups is 1. The van der Waals surface area contributed by atoms with E-state index >= 15 is 44.7 Å². The van der Waals surface area contributed by atoms with Crippen LogP contribution in [0.4, 0.5) is 65.1 Å². The van der Waals surface area contributed by atoms with Crippen LogP contribution in [0.15, 0.2) is 97.5 Å². The maximum absolute atomic E-state index is 17.0. The maximum Gasteiger partial charge on any atom is 0.524 e. The van der Waals surface area contributed by atoms with Crippen molar-refractivity contribution in [2.75, 3.05) is 57.3 Å². The molecule has 0 saturated carbocycles. The van der Waals surface area contributed by atoms with E-state index in [9.17, 15) is 51.9 Å². The van der Waals surface area contributed by atoms with E-state index in [0.717, 1.165) is 51.5 Å². The number of phosphoric ester groups is 1. The first-order valence-electron chi connectivity index (χ1n) is 38.1. The molecular weight excluding hydrogens is 1650 g/mol. The summed E-state index contributed by atoms with van der Waals surface area (Å²) in [5.41, 5.74) is -11.1. The Hall–Kier alpha value is -11.0. The largest absolute Gasteiger partial charge is 0.524 e.